The van der Waals surface area contributed by atoms with Gasteiger partial charge in [-0.05, 0) is 43.7 Å². The van der Waals surface area contributed by atoms with Gasteiger partial charge in [0.1, 0.15) is 5.56 Å². The van der Waals surface area contributed by atoms with Crippen molar-refractivity contribution in [2.24, 2.45) is 0 Å². The number of benzene rings is 1. The third-order valence-corrected chi connectivity index (χ3v) is 4.51. The van der Waals surface area contributed by atoms with Crippen LogP contribution in [0.4, 0.5) is 5.82 Å². The molecule has 7 nitrogen and oxygen atoms in total. The Labute approximate surface area is 157 Å². The fraction of sp³-hybridized carbons (Fsp3) is 0.444. The quantitative estimate of drug-likeness (QED) is 0.642. The van der Waals surface area contributed by atoms with E-state index in [0.29, 0.717) is 35.3 Å². The maximum atomic E-state index is 13.0. The van der Waals surface area contributed by atoms with E-state index in [1.54, 1.807) is 31.4 Å². The van der Waals surface area contributed by atoms with Crippen LogP contribution in [-0.2, 0) is 4.74 Å². The van der Waals surface area contributed by atoms with E-state index in [1.807, 2.05) is 0 Å². The van der Waals surface area contributed by atoms with Gasteiger partial charge in [0.15, 0.2) is 11.6 Å². The van der Waals surface area contributed by atoms with Crippen LogP contribution < -0.4 is 16.0 Å². The normalized spacial score (nSPS) is 17.1. The lowest BCUT2D eigenvalue weighted by Gasteiger charge is -2.23. The molecule has 140 valence electrons. The fourth-order valence-electron chi connectivity index (χ4n) is 2.92. The van der Waals surface area contributed by atoms with Crippen molar-refractivity contribution in [2.75, 3.05) is 38.7 Å². The number of carbonyl (C=O) groups excluding carboxylic acids is 1. The topological polar surface area (TPSA) is 88.4 Å². The number of carbonyl (C=O) groups is 1. The van der Waals surface area contributed by atoms with Crippen LogP contribution in [0, 0.1) is 0 Å². The van der Waals surface area contributed by atoms with Gasteiger partial charge >= 0.3 is 0 Å². The molecule has 1 amide bonds. The van der Waals surface area contributed by atoms with Crippen LogP contribution in [0.1, 0.15) is 23.2 Å². The summed E-state index contributed by atoms with van der Waals surface area (Å²) in [6, 6.07) is 7.21. The molecule has 0 spiro atoms. The Bertz CT molecular complexity index is 727. The summed E-state index contributed by atoms with van der Waals surface area (Å²) in [5.74, 6) is 0.626. The van der Waals surface area contributed by atoms with Crippen LogP contribution in [0.5, 0.6) is 0 Å². The molecule has 1 saturated heterocycles. The highest BCUT2D eigenvalue weighted by atomic mass is 35.5. The molecule has 1 atom stereocenters. The molecule has 1 aliphatic rings. The van der Waals surface area contributed by atoms with Gasteiger partial charge in [0.25, 0.3) is 5.91 Å². The number of halogens is 1. The van der Waals surface area contributed by atoms with Crippen molar-refractivity contribution in [3.05, 3.63) is 34.9 Å². The standard InChI is InChI=1S/C18H23ClN4O3/c1-25-10-9-21-17-15(18(24)22-14-3-2-8-20-11-14)16(26-23-17)12-4-6-13(19)7-5-12/h4-7,14,20H,2-3,8-11H2,1H3,(H,21,23)(H,22,24). The molecule has 8 heteroatoms. The van der Waals surface area contributed by atoms with Gasteiger partial charge in [-0.2, -0.15) is 0 Å². The zero-order valence-electron chi connectivity index (χ0n) is 14.7. The van der Waals surface area contributed by atoms with Crippen LogP contribution in [0.25, 0.3) is 11.3 Å². The summed E-state index contributed by atoms with van der Waals surface area (Å²) in [5.41, 5.74) is 1.14. The molecule has 1 unspecified atom stereocenters. The van der Waals surface area contributed by atoms with Gasteiger partial charge in [-0.15, -0.1) is 0 Å². The number of nitrogens with zero attached hydrogens (tertiary/aromatic N) is 1. The van der Waals surface area contributed by atoms with E-state index in [9.17, 15) is 4.79 Å². The molecular weight excluding hydrogens is 356 g/mol. The number of hydrogen-bond donors (Lipinski definition) is 3. The third kappa shape index (κ3) is 4.55. The van der Waals surface area contributed by atoms with Gasteiger partial charge in [0.2, 0.25) is 0 Å². The van der Waals surface area contributed by atoms with Gasteiger partial charge in [-0.1, -0.05) is 16.8 Å². The van der Waals surface area contributed by atoms with Crippen LogP contribution in [-0.4, -0.2) is 50.5 Å². The SMILES string of the molecule is COCCNc1noc(-c2ccc(Cl)cc2)c1C(=O)NC1CCCNC1. The van der Waals surface area contributed by atoms with E-state index < -0.39 is 0 Å². The number of amides is 1. The van der Waals surface area contributed by atoms with E-state index >= 15 is 0 Å². The zero-order chi connectivity index (χ0) is 18.4. The Kier molecular flexibility index (Phi) is 6.49. The second-order valence-electron chi connectivity index (χ2n) is 6.18. The largest absolute Gasteiger partial charge is 0.383 e. The van der Waals surface area contributed by atoms with E-state index in [-0.39, 0.29) is 11.9 Å². The van der Waals surface area contributed by atoms with Gasteiger partial charge in [-0.3, -0.25) is 4.79 Å². The highest BCUT2D eigenvalue weighted by Crippen LogP contribution is 2.30. The van der Waals surface area contributed by atoms with Crippen LogP contribution in [0.2, 0.25) is 5.02 Å². The molecule has 0 saturated carbocycles. The van der Waals surface area contributed by atoms with Crippen molar-refractivity contribution in [3.8, 4) is 11.3 Å². The molecular formula is C18H23ClN4O3. The molecule has 2 heterocycles. The molecule has 0 aliphatic carbocycles. The Morgan fingerprint density at radius 3 is 2.92 bits per heavy atom. The number of ether oxygens (including phenoxy) is 1. The van der Waals surface area contributed by atoms with Crippen LogP contribution in [0.3, 0.4) is 0 Å². The first kappa shape index (κ1) is 18.7. The van der Waals surface area contributed by atoms with Gasteiger partial charge in [-0.25, -0.2) is 0 Å². The van der Waals surface area contributed by atoms with Crippen LogP contribution >= 0.6 is 11.6 Å². The summed E-state index contributed by atoms with van der Waals surface area (Å²) in [7, 11) is 1.62. The molecule has 26 heavy (non-hydrogen) atoms. The highest BCUT2D eigenvalue weighted by molar-refractivity contribution is 6.30. The minimum Gasteiger partial charge on any atom is -0.383 e. The first-order valence-corrected chi connectivity index (χ1v) is 9.07. The molecule has 1 aliphatic heterocycles. The van der Waals surface area contributed by atoms with Crippen molar-refractivity contribution in [2.45, 2.75) is 18.9 Å². The second kappa shape index (κ2) is 9.02. The van der Waals surface area contributed by atoms with Crippen molar-refractivity contribution < 1.29 is 14.1 Å². The maximum Gasteiger partial charge on any atom is 0.259 e. The Balaban J connectivity index is 1.86. The monoisotopic (exact) mass is 378 g/mol. The van der Waals surface area contributed by atoms with E-state index in [1.165, 1.54) is 0 Å². The smallest absolute Gasteiger partial charge is 0.259 e. The summed E-state index contributed by atoms with van der Waals surface area (Å²) < 4.78 is 10.5. The number of rotatable bonds is 7. The van der Waals surface area contributed by atoms with E-state index in [4.69, 9.17) is 20.9 Å². The Morgan fingerprint density at radius 1 is 1.42 bits per heavy atom. The number of nitrogens with one attached hydrogen (secondary N) is 3. The zero-order valence-corrected chi connectivity index (χ0v) is 15.4. The summed E-state index contributed by atoms with van der Waals surface area (Å²) in [6.07, 6.45) is 1.99. The lowest BCUT2D eigenvalue weighted by Crippen LogP contribution is -2.45. The molecule has 1 aromatic carbocycles. The van der Waals surface area contributed by atoms with Crippen molar-refractivity contribution in [1.29, 1.82) is 0 Å². The second-order valence-corrected chi connectivity index (χ2v) is 6.61. The van der Waals surface area contributed by atoms with Crippen molar-refractivity contribution in [3.63, 3.8) is 0 Å². The molecule has 1 aromatic heterocycles. The minimum absolute atomic E-state index is 0.0936. The minimum atomic E-state index is -0.204. The third-order valence-electron chi connectivity index (χ3n) is 4.26. The number of aromatic nitrogens is 1. The predicted octanol–water partition coefficient (Wildman–Crippen LogP) is 2.54. The number of methoxy groups -OCH3 is 1. The number of hydrogen-bond acceptors (Lipinski definition) is 6. The summed E-state index contributed by atoms with van der Waals surface area (Å²) in [5, 5.41) is 14.1. The summed E-state index contributed by atoms with van der Waals surface area (Å²) in [6.45, 7) is 2.77. The number of anilines is 1. The lowest BCUT2D eigenvalue weighted by molar-refractivity contribution is 0.0931. The molecule has 2 aromatic rings. The maximum absolute atomic E-state index is 13.0. The predicted molar refractivity (Wildman–Crippen MR) is 101 cm³/mol. The summed E-state index contributed by atoms with van der Waals surface area (Å²) >= 11 is 5.96. The van der Waals surface area contributed by atoms with Crippen molar-refractivity contribution in [1.82, 2.24) is 15.8 Å². The average molecular weight is 379 g/mol. The van der Waals surface area contributed by atoms with Crippen LogP contribution in [0.15, 0.2) is 28.8 Å². The molecule has 0 radical (unpaired) electrons. The molecule has 1 fully saturated rings. The van der Waals surface area contributed by atoms with Gasteiger partial charge in [0.05, 0.1) is 6.61 Å². The lowest BCUT2D eigenvalue weighted by atomic mass is 10.0. The Morgan fingerprint density at radius 2 is 2.23 bits per heavy atom. The highest BCUT2D eigenvalue weighted by Gasteiger charge is 2.26. The molecule has 3 rings (SSSR count). The van der Waals surface area contributed by atoms with Gasteiger partial charge < -0.3 is 25.2 Å². The number of piperidine rings is 1. The summed E-state index contributed by atoms with van der Waals surface area (Å²) in [4.78, 5) is 13.0. The van der Waals surface area contributed by atoms with Gasteiger partial charge in [0, 0.05) is 36.8 Å². The molecule has 3 N–H and O–H groups in total. The average Bonchev–Trinajstić information content (AvgIpc) is 3.07. The Hall–Kier alpha value is -2.09. The van der Waals surface area contributed by atoms with E-state index in [0.717, 1.165) is 31.5 Å². The van der Waals surface area contributed by atoms with Crippen molar-refractivity contribution >= 4 is 23.3 Å². The fourth-order valence-corrected chi connectivity index (χ4v) is 3.05. The molecule has 0 bridgehead atoms. The van der Waals surface area contributed by atoms with E-state index in [2.05, 4.69) is 21.1 Å². The first-order valence-electron chi connectivity index (χ1n) is 8.69. The first-order chi connectivity index (χ1) is 12.7.